The van der Waals surface area contributed by atoms with Crippen molar-refractivity contribution in [2.24, 2.45) is 5.73 Å². The molecule has 3 nitrogen and oxygen atoms in total. The van der Waals surface area contributed by atoms with Gasteiger partial charge in [0.15, 0.2) is 0 Å². The Morgan fingerprint density at radius 1 is 1.70 bits per heavy atom. The molecule has 4 heteroatoms. The zero-order valence-electron chi connectivity index (χ0n) is 6.25. The quantitative estimate of drug-likeness (QED) is 0.575. The third-order valence-electron chi connectivity index (χ3n) is 1.27. The normalized spacial score (nSPS) is 16.7. The topological polar surface area (TPSA) is 63.3 Å². The van der Waals surface area contributed by atoms with Crippen LogP contribution in [0.25, 0.3) is 0 Å². The van der Waals surface area contributed by atoms with Crippen molar-refractivity contribution in [1.29, 1.82) is 0 Å². The fraction of sp³-hybridized carbons (Fsp3) is 1.00. The highest BCUT2D eigenvalue weighted by molar-refractivity contribution is 7.84. The molecule has 10 heavy (non-hydrogen) atoms. The summed E-state index contributed by atoms with van der Waals surface area (Å²) in [4.78, 5) is 0. The van der Waals surface area contributed by atoms with Gasteiger partial charge in [0.05, 0.1) is 6.10 Å². The molecule has 0 saturated carbocycles. The zero-order valence-corrected chi connectivity index (χ0v) is 7.06. The van der Waals surface area contributed by atoms with E-state index in [2.05, 4.69) is 0 Å². The van der Waals surface area contributed by atoms with Gasteiger partial charge in [0.25, 0.3) is 0 Å². The highest BCUT2D eigenvalue weighted by atomic mass is 32.2. The Morgan fingerprint density at radius 3 is 2.70 bits per heavy atom. The Bertz CT molecular complexity index is 108. The minimum absolute atomic E-state index is 0.265. The van der Waals surface area contributed by atoms with E-state index in [-0.39, 0.29) is 6.54 Å². The Kier molecular flexibility index (Phi) is 5.87. The van der Waals surface area contributed by atoms with Gasteiger partial charge >= 0.3 is 0 Å². The second-order valence-electron chi connectivity index (χ2n) is 2.11. The molecule has 0 bridgehead atoms. The lowest BCUT2D eigenvalue weighted by atomic mass is 10.3. The average molecular weight is 165 g/mol. The van der Waals surface area contributed by atoms with Gasteiger partial charge < -0.3 is 10.8 Å². The third kappa shape index (κ3) is 4.90. The lowest BCUT2D eigenvalue weighted by Crippen LogP contribution is -2.21. The summed E-state index contributed by atoms with van der Waals surface area (Å²) in [6, 6.07) is 0. The highest BCUT2D eigenvalue weighted by Gasteiger charge is 2.02. The molecular formula is C6H15NO2S. The molecule has 3 N–H and O–H groups in total. The van der Waals surface area contributed by atoms with E-state index in [1.54, 1.807) is 0 Å². The minimum atomic E-state index is -0.765. The molecule has 0 aromatic rings. The first kappa shape index (κ1) is 10.1. The van der Waals surface area contributed by atoms with Gasteiger partial charge in [-0.1, -0.05) is 6.92 Å². The fourth-order valence-electron chi connectivity index (χ4n) is 0.530. The van der Waals surface area contributed by atoms with Crippen LogP contribution < -0.4 is 5.73 Å². The summed E-state index contributed by atoms with van der Waals surface area (Å²) in [5.74, 6) is 1.23. The minimum Gasteiger partial charge on any atom is -0.392 e. The molecule has 0 aromatic carbocycles. The maximum atomic E-state index is 10.8. The maximum Gasteiger partial charge on any atom is 0.0671 e. The smallest absolute Gasteiger partial charge is 0.0671 e. The molecule has 0 radical (unpaired) electrons. The summed E-state index contributed by atoms with van der Waals surface area (Å²) in [5.41, 5.74) is 5.15. The zero-order chi connectivity index (χ0) is 7.98. The number of hydrogen-bond acceptors (Lipinski definition) is 3. The van der Waals surface area contributed by atoms with Crippen LogP contribution in [0, 0.1) is 0 Å². The van der Waals surface area contributed by atoms with Crippen LogP contribution in [0.3, 0.4) is 0 Å². The number of aliphatic hydroxyl groups is 1. The number of aliphatic hydroxyl groups excluding tert-OH is 1. The first-order valence-corrected chi connectivity index (χ1v) is 4.92. The first-order chi connectivity index (χ1) is 4.70. The SMILES string of the molecule is CCS(=O)CCC(O)CN. The average Bonchev–Trinajstić information content (AvgIpc) is 1.99. The van der Waals surface area contributed by atoms with Crippen LogP contribution in [-0.4, -0.2) is 33.5 Å². The Labute approximate surface area is 64.1 Å². The van der Waals surface area contributed by atoms with Crippen LogP contribution in [0.15, 0.2) is 0 Å². The number of nitrogens with two attached hydrogens (primary N) is 1. The molecule has 0 aliphatic rings. The second-order valence-corrected chi connectivity index (χ2v) is 3.98. The Balaban J connectivity index is 3.26. The molecule has 0 spiro atoms. The Morgan fingerprint density at radius 2 is 2.30 bits per heavy atom. The molecule has 0 aromatic heterocycles. The molecule has 0 fully saturated rings. The summed E-state index contributed by atoms with van der Waals surface area (Å²) in [6.07, 6.45) is 0.0761. The van der Waals surface area contributed by atoms with Crippen molar-refractivity contribution in [3.05, 3.63) is 0 Å². The molecule has 62 valence electrons. The van der Waals surface area contributed by atoms with Gasteiger partial charge in [-0.2, -0.15) is 0 Å². The van der Waals surface area contributed by atoms with Crippen molar-refractivity contribution >= 4 is 10.8 Å². The molecule has 0 aliphatic heterocycles. The van der Waals surface area contributed by atoms with Crippen molar-refractivity contribution in [3.63, 3.8) is 0 Å². The number of hydrogen-bond donors (Lipinski definition) is 2. The fourth-order valence-corrected chi connectivity index (χ4v) is 1.35. The van der Waals surface area contributed by atoms with Crippen molar-refractivity contribution in [1.82, 2.24) is 0 Å². The molecule has 2 atom stereocenters. The second kappa shape index (κ2) is 5.82. The summed E-state index contributed by atoms with van der Waals surface area (Å²) in [5, 5.41) is 8.94. The van der Waals surface area contributed by atoms with Crippen molar-refractivity contribution < 1.29 is 9.32 Å². The maximum absolute atomic E-state index is 10.8. The molecule has 0 rings (SSSR count). The van der Waals surface area contributed by atoms with Crippen LogP contribution in [0.5, 0.6) is 0 Å². The predicted molar refractivity (Wildman–Crippen MR) is 43.2 cm³/mol. The largest absolute Gasteiger partial charge is 0.392 e. The van der Waals surface area contributed by atoms with Crippen LogP contribution in [-0.2, 0) is 10.8 Å². The molecule has 0 amide bonds. The summed E-state index contributed by atoms with van der Waals surface area (Å²) >= 11 is 0. The van der Waals surface area contributed by atoms with Crippen molar-refractivity contribution in [2.45, 2.75) is 19.4 Å². The van der Waals surface area contributed by atoms with E-state index in [1.807, 2.05) is 6.92 Å². The molecule has 0 heterocycles. The molecular weight excluding hydrogens is 150 g/mol. The van der Waals surface area contributed by atoms with Crippen LogP contribution in [0.1, 0.15) is 13.3 Å². The summed E-state index contributed by atoms with van der Waals surface area (Å²) < 4.78 is 10.8. The number of rotatable bonds is 5. The monoisotopic (exact) mass is 165 g/mol. The van der Waals surface area contributed by atoms with Crippen LogP contribution >= 0.6 is 0 Å². The van der Waals surface area contributed by atoms with Crippen LogP contribution in [0.4, 0.5) is 0 Å². The lowest BCUT2D eigenvalue weighted by Gasteiger charge is -2.04. The van der Waals surface area contributed by atoms with Gasteiger partial charge in [-0.3, -0.25) is 4.21 Å². The van der Waals surface area contributed by atoms with E-state index in [1.165, 1.54) is 0 Å². The van der Waals surface area contributed by atoms with E-state index in [0.717, 1.165) is 0 Å². The van der Waals surface area contributed by atoms with E-state index in [9.17, 15) is 4.21 Å². The van der Waals surface area contributed by atoms with Gasteiger partial charge in [0.2, 0.25) is 0 Å². The first-order valence-electron chi connectivity index (χ1n) is 3.43. The predicted octanol–water partition coefficient (Wildman–Crippen LogP) is -0.535. The van der Waals surface area contributed by atoms with Gasteiger partial charge in [-0.05, 0) is 6.42 Å². The summed E-state index contributed by atoms with van der Waals surface area (Å²) in [6.45, 7) is 2.13. The molecule has 0 aliphatic carbocycles. The third-order valence-corrected chi connectivity index (χ3v) is 2.61. The Hall–Kier alpha value is 0.0700. The van der Waals surface area contributed by atoms with E-state index in [4.69, 9.17) is 10.8 Å². The molecule has 2 unspecified atom stereocenters. The van der Waals surface area contributed by atoms with E-state index >= 15 is 0 Å². The van der Waals surface area contributed by atoms with E-state index < -0.39 is 16.9 Å². The van der Waals surface area contributed by atoms with Gasteiger partial charge in [-0.15, -0.1) is 0 Å². The van der Waals surface area contributed by atoms with Crippen molar-refractivity contribution in [3.8, 4) is 0 Å². The lowest BCUT2D eigenvalue weighted by molar-refractivity contribution is 0.180. The van der Waals surface area contributed by atoms with Gasteiger partial charge in [0.1, 0.15) is 0 Å². The van der Waals surface area contributed by atoms with E-state index in [0.29, 0.717) is 17.9 Å². The van der Waals surface area contributed by atoms with Gasteiger partial charge in [-0.25, -0.2) is 0 Å². The van der Waals surface area contributed by atoms with Crippen molar-refractivity contribution in [2.75, 3.05) is 18.1 Å². The van der Waals surface area contributed by atoms with Gasteiger partial charge in [0, 0.05) is 28.9 Å². The standard InChI is InChI=1S/C6H15NO2S/c1-2-10(9)4-3-6(8)5-7/h6,8H,2-5,7H2,1H3. The summed E-state index contributed by atoms with van der Waals surface area (Å²) in [7, 11) is -0.765. The van der Waals surface area contributed by atoms with Crippen LogP contribution in [0.2, 0.25) is 0 Å². The highest BCUT2D eigenvalue weighted by Crippen LogP contribution is 1.92. The molecule has 0 saturated heterocycles.